The molecule has 0 aliphatic heterocycles. The number of rotatable bonds is 7. The Labute approximate surface area is 174 Å². The molecule has 0 radical (unpaired) electrons. The minimum absolute atomic E-state index is 0.133. The lowest BCUT2D eigenvalue weighted by molar-refractivity contribution is 0.102. The molecule has 3 aromatic carbocycles. The van der Waals surface area contributed by atoms with E-state index in [9.17, 15) is 4.79 Å². The quantitative estimate of drug-likeness (QED) is 0.417. The van der Waals surface area contributed by atoms with Gasteiger partial charge in [0.05, 0.1) is 21.8 Å². The number of hydrogen-bond donors (Lipinski definition) is 1. The Bertz CT molecular complexity index is 1070. The van der Waals surface area contributed by atoms with E-state index in [0.29, 0.717) is 12.2 Å². The highest BCUT2D eigenvalue weighted by atomic mass is 32.1. The summed E-state index contributed by atoms with van der Waals surface area (Å²) in [5.74, 6) is 0.647. The molecule has 0 unspecified atom stereocenters. The maximum absolute atomic E-state index is 12.5. The molecule has 0 aliphatic carbocycles. The van der Waals surface area contributed by atoms with Crippen molar-refractivity contribution in [1.29, 1.82) is 0 Å². The first-order chi connectivity index (χ1) is 14.2. The molecule has 0 fully saturated rings. The molecule has 0 aliphatic rings. The van der Waals surface area contributed by atoms with Crippen LogP contribution in [-0.2, 0) is 6.42 Å². The van der Waals surface area contributed by atoms with Gasteiger partial charge in [-0.1, -0.05) is 31.2 Å². The van der Waals surface area contributed by atoms with Crippen LogP contribution in [-0.4, -0.2) is 17.5 Å². The zero-order valence-electron chi connectivity index (χ0n) is 16.2. The lowest BCUT2D eigenvalue weighted by atomic mass is 10.1. The number of hydrogen-bond acceptors (Lipinski definition) is 4. The first kappa shape index (κ1) is 19.2. The summed E-state index contributed by atoms with van der Waals surface area (Å²) < 4.78 is 6.76. The molecular formula is C24H22N2O2S. The van der Waals surface area contributed by atoms with Crippen molar-refractivity contribution in [2.75, 3.05) is 11.9 Å². The highest BCUT2D eigenvalue weighted by Crippen LogP contribution is 2.24. The van der Waals surface area contributed by atoms with Gasteiger partial charge in [0.2, 0.25) is 0 Å². The summed E-state index contributed by atoms with van der Waals surface area (Å²) in [5.41, 5.74) is 3.59. The predicted molar refractivity (Wildman–Crippen MR) is 119 cm³/mol. The summed E-state index contributed by atoms with van der Waals surface area (Å²) in [7, 11) is 0. The van der Waals surface area contributed by atoms with Crippen LogP contribution in [0, 0.1) is 0 Å². The van der Waals surface area contributed by atoms with Crippen LogP contribution in [0.3, 0.4) is 0 Å². The van der Waals surface area contributed by atoms with Gasteiger partial charge in [0.15, 0.2) is 0 Å². The number of amides is 1. The molecule has 0 atom stereocenters. The van der Waals surface area contributed by atoms with Crippen molar-refractivity contribution >= 4 is 33.1 Å². The Kier molecular flexibility index (Phi) is 5.86. The monoisotopic (exact) mass is 402 g/mol. The van der Waals surface area contributed by atoms with E-state index in [1.165, 1.54) is 10.3 Å². The molecule has 1 amide bonds. The van der Waals surface area contributed by atoms with E-state index in [1.807, 2.05) is 54.6 Å². The average molecular weight is 403 g/mol. The molecule has 4 aromatic rings. The van der Waals surface area contributed by atoms with E-state index in [-0.39, 0.29) is 5.91 Å². The Morgan fingerprint density at radius 1 is 1.00 bits per heavy atom. The highest BCUT2D eigenvalue weighted by Gasteiger charge is 2.08. The number of fused-ring (bicyclic) bond motifs is 1. The van der Waals surface area contributed by atoms with E-state index in [1.54, 1.807) is 23.5 Å². The Hall–Kier alpha value is -3.18. The van der Waals surface area contributed by atoms with Crippen molar-refractivity contribution in [3.8, 4) is 5.75 Å². The first-order valence-corrected chi connectivity index (χ1v) is 10.5. The summed E-state index contributed by atoms with van der Waals surface area (Å²) in [6.07, 6.45) is 1.74. The van der Waals surface area contributed by atoms with E-state index in [4.69, 9.17) is 4.74 Å². The molecule has 1 N–H and O–H groups in total. The number of para-hydroxylation sites is 1. The van der Waals surface area contributed by atoms with Gasteiger partial charge in [-0.3, -0.25) is 4.79 Å². The number of ether oxygens (including phenoxy) is 1. The van der Waals surface area contributed by atoms with Gasteiger partial charge in [0.25, 0.3) is 5.91 Å². The second-order valence-corrected chi connectivity index (χ2v) is 7.89. The summed E-state index contributed by atoms with van der Waals surface area (Å²) >= 11 is 1.72. The van der Waals surface area contributed by atoms with Crippen molar-refractivity contribution < 1.29 is 9.53 Å². The maximum atomic E-state index is 12.5. The van der Waals surface area contributed by atoms with E-state index >= 15 is 0 Å². The molecule has 1 heterocycles. The predicted octanol–water partition coefficient (Wildman–Crippen LogP) is 5.93. The molecule has 0 bridgehead atoms. The normalized spacial score (nSPS) is 10.8. The Morgan fingerprint density at radius 3 is 2.48 bits per heavy atom. The average Bonchev–Trinajstić information content (AvgIpc) is 3.16. The fraction of sp³-hybridized carbons (Fsp3) is 0.167. The second kappa shape index (κ2) is 8.88. The van der Waals surface area contributed by atoms with Crippen LogP contribution in [0.15, 0.2) is 72.8 Å². The smallest absolute Gasteiger partial charge is 0.255 e. The van der Waals surface area contributed by atoms with Crippen LogP contribution >= 0.6 is 11.3 Å². The van der Waals surface area contributed by atoms with Crippen LogP contribution in [0.4, 0.5) is 5.69 Å². The number of carbonyl (C=O) groups is 1. The van der Waals surface area contributed by atoms with Crippen molar-refractivity contribution in [2.45, 2.75) is 19.8 Å². The topological polar surface area (TPSA) is 51.2 Å². The van der Waals surface area contributed by atoms with Gasteiger partial charge >= 0.3 is 0 Å². The third-order valence-electron chi connectivity index (χ3n) is 4.49. The largest absolute Gasteiger partial charge is 0.494 e. The molecule has 29 heavy (non-hydrogen) atoms. The van der Waals surface area contributed by atoms with Gasteiger partial charge < -0.3 is 10.1 Å². The van der Waals surface area contributed by atoms with Crippen LogP contribution < -0.4 is 10.1 Å². The maximum Gasteiger partial charge on any atom is 0.255 e. The number of anilines is 1. The zero-order valence-corrected chi connectivity index (χ0v) is 17.0. The van der Waals surface area contributed by atoms with Gasteiger partial charge in [-0.25, -0.2) is 4.98 Å². The lowest BCUT2D eigenvalue weighted by Gasteiger charge is -2.08. The summed E-state index contributed by atoms with van der Waals surface area (Å²) in [6, 6.07) is 23.3. The molecule has 1 aromatic heterocycles. The summed E-state index contributed by atoms with van der Waals surface area (Å²) in [5, 5.41) is 4.03. The van der Waals surface area contributed by atoms with Gasteiger partial charge in [0.1, 0.15) is 5.75 Å². The van der Waals surface area contributed by atoms with Crippen LogP contribution in [0.2, 0.25) is 0 Å². The minimum atomic E-state index is -0.133. The molecule has 0 saturated heterocycles. The van der Waals surface area contributed by atoms with Crippen LogP contribution in [0.25, 0.3) is 10.2 Å². The standard InChI is InChI=1S/C24H22N2O2S/c1-2-15-28-20-13-9-18(10-14-20)24(27)25-19-11-7-17(8-12-19)16-23-26-21-5-3-4-6-22(21)29-23/h3-14H,2,15-16H2,1H3,(H,25,27). The van der Waals surface area contributed by atoms with Crippen molar-refractivity contribution in [3.63, 3.8) is 0 Å². The summed E-state index contributed by atoms with van der Waals surface area (Å²) in [6.45, 7) is 2.74. The molecule has 146 valence electrons. The number of aromatic nitrogens is 1. The van der Waals surface area contributed by atoms with Gasteiger partial charge in [-0.15, -0.1) is 11.3 Å². The number of thiazole rings is 1. The fourth-order valence-corrected chi connectivity index (χ4v) is 4.00. The molecule has 5 heteroatoms. The Morgan fingerprint density at radius 2 is 1.76 bits per heavy atom. The Balaban J connectivity index is 1.38. The van der Waals surface area contributed by atoms with Crippen molar-refractivity contribution in [2.24, 2.45) is 0 Å². The molecule has 4 nitrogen and oxygen atoms in total. The summed E-state index contributed by atoms with van der Waals surface area (Å²) in [4.78, 5) is 17.1. The van der Waals surface area contributed by atoms with E-state index < -0.39 is 0 Å². The van der Waals surface area contributed by atoms with Gasteiger partial charge in [0, 0.05) is 17.7 Å². The van der Waals surface area contributed by atoms with Crippen molar-refractivity contribution in [3.05, 3.63) is 88.9 Å². The van der Waals surface area contributed by atoms with Crippen LogP contribution in [0.1, 0.15) is 34.3 Å². The SMILES string of the molecule is CCCOc1ccc(C(=O)Nc2ccc(Cc3nc4ccccc4s3)cc2)cc1. The van der Waals surface area contributed by atoms with E-state index in [2.05, 4.69) is 23.3 Å². The molecule has 4 rings (SSSR count). The van der Waals surface area contributed by atoms with Gasteiger partial charge in [-0.05, 0) is 60.5 Å². The zero-order chi connectivity index (χ0) is 20.1. The number of nitrogens with zero attached hydrogens (tertiary/aromatic N) is 1. The number of benzene rings is 3. The third kappa shape index (κ3) is 4.81. The molecule has 0 saturated carbocycles. The molecule has 0 spiro atoms. The van der Waals surface area contributed by atoms with Crippen molar-refractivity contribution in [1.82, 2.24) is 4.98 Å². The van der Waals surface area contributed by atoms with Crippen LogP contribution in [0.5, 0.6) is 5.75 Å². The minimum Gasteiger partial charge on any atom is -0.494 e. The first-order valence-electron chi connectivity index (χ1n) is 9.69. The molecular weight excluding hydrogens is 380 g/mol. The third-order valence-corrected chi connectivity index (χ3v) is 5.53. The van der Waals surface area contributed by atoms with Gasteiger partial charge in [-0.2, -0.15) is 0 Å². The number of nitrogens with one attached hydrogen (secondary N) is 1. The van der Waals surface area contributed by atoms with E-state index in [0.717, 1.165) is 34.8 Å². The lowest BCUT2D eigenvalue weighted by Crippen LogP contribution is -2.11. The fourth-order valence-electron chi connectivity index (χ4n) is 3.00. The highest BCUT2D eigenvalue weighted by molar-refractivity contribution is 7.18. The second-order valence-electron chi connectivity index (χ2n) is 6.78. The number of carbonyl (C=O) groups excluding carboxylic acids is 1.